The number of halogens is 2. The van der Waals surface area contributed by atoms with Crippen LogP contribution >= 0.6 is 27.5 Å². The van der Waals surface area contributed by atoms with Crippen molar-refractivity contribution in [1.82, 2.24) is 0 Å². The lowest BCUT2D eigenvalue weighted by Gasteiger charge is -2.19. The van der Waals surface area contributed by atoms with Gasteiger partial charge in [-0.2, -0.15) is 0 Å². The van der Waals surface area contributed by atoms with E-state index in [1.807, 2.05) is 30.3 Å². The van der Waals surface area contributed by atoms with E-state index in [2.05, 4.69) is 15.9 Å². The van der Waals surface area contributed by atoms with Gasteiger partial charge in [0.15, 0.2) is 0 Å². The highest BCUT2D eigenvalue weighted by Gasteiger charge is 2.20. The summed E-state index contributed by atoms with van der Waals surface area (Å²) in [5.74, 6) is 1.10. The van der Waals surface area contributed by atoms with E-state index in [-0.39, 0.29) is 6.04 Å². The summed E-state index contributed by atoms with van der Waals surface area (Å²) in [5.41, 5.74) is 8.12. The van der Waals surface area contributed by atoms with Gasteiger partial charge in [-0.15, -0.1) is 0 Å². The molecule has 0 spiro atoms. The van der Waals surface area contributed by atoms with Crippen LogP contribution in [-0.2, 0) is 0 Å². The van der Waals surface area contributed by atoms with E-state index < -0.39 is 0 Å². The standard InChI is InChI=1S/C15H15BrClNO2/c1-19-12-8-7-10(15(20-2)13(12)17)14(18)9-5-3-4-6-11(9)16/h3-8,14H,18H2,1-2H3. The Morgan fingerprint density at radius 1 is 1.05 bits per heavy atom. The van der Waals surface area contributed by atoms with Crippen LogP contribution in [0.4, 0.5) is 0 Å². The van der Waals surface area contributed by atoms with Crippen molar-refractivity contribution in [3.05, 3.63) is 57.0 Å². The van der Waals surface area contributed by atoms with Gasteiger partial charge in [-0.1, -0.05) is 45.7 Å². The lowest BCUT2D eigenvalue weighted by Crippen LogP contribution is -2.14. The average molecular weight is 357 g/mol. The minimum absolute atomic E-state index is 0.344. The molecule has 2 rings (SSSR count). The van der Waals surface area contributed by atoms with Gasteiger partial charge in [-0.25, -0.2) is 0 Å². The van der Waals surface area contributed by atoms with Gasteiger partial charge < -0.3 is 15.2 Å². The van der Waals surface area contributed by atoms with E-state index >= 15 is 0 Å². The largest absolute Gasteiger partial charge is 0.495 e. The van der Waals surface area contributed by atoms with Crippen LogP contribution in [-0.4, -0.2) is 14.2 Å². The van der Waals surface area contributed by atoms with E-state index in [1.165, 1.54) is 0 Å². The molecule has 2 N–H and O–H groups in total. The van der Waals surface area contributed by atoms with Crippen molar-refractivity contribution in [3.8, 4) is 11.5 Å². The topological polar surface area (TPSA) is 44.5 Å². The van der Waals surface area contributed by atoms with Crippen LogP contribution in [0.5, 0.6) is 11.5 Å². The summed E-state index contributed by atoms with van der Waals surface area (Å²) in [6, 6.07) is 11.1. The van der Waals surface area contributed by atoms with Gasteiger partial charge >= 0.3 is 0 Å². The Kier molecular flexibility index (Phi) is 4.91. The molecule has 0 saturated carbocycles. The predicted molar refractivity (Wildman–Crippen MR) is 84.7 cm³/mol. The summed E-state index contributed by atoms with van der Waals surface area (Å²) in [7, 11) is 3.13. The Balaban J connectivity index is 2.53. The molecule has 20 heavy (non-hydrogen) atoms. The monoisotopic (exact) mass is 355 g/mol. The second kappa shape index (κ2) is 6.48. The normalized spacial score (nSPS) is 12.1. The first-order chi connectivity index (χ1) is 9.60. The van der Waals surface area contributed by atoms with Crippen LogP contribution in [0.15, 0.2) is 40.9 Å². The van der Waals surface area contributed by atoms with Gasteiger partial charge in [0.05, 0.1) is 20.3 Å². The van der Waals surface area contributed by atoms with Crippen molar-refractivity contribution >= 4 is 27.5 Å². The molecule has 0 saturated heterocycles. The zero-order chi connectivity index (χ0) is 14.7. The van der Waals surface area contributed by atoms with Crippen LogP contribution in [0.25, 0.3) is 0 Å². The van der Waals surface area contributed by atoms with Gasteiger partial charge in [0, 0.05) is 10.0 Å². The molecule has 106 valence electrons. The summed E-state index contributed by atoms with van der Waals surface area (Å²) < 4.78 is 11.5. The van der Waals surface area contributed by atoms with Crippen molar-refractivity contribution in [2.24, 2.45) is 5.73 Å². The average Bonchev–Trinajstić information content (AvgIpc) is 2.46. The van der Waals surface area contributed by atoms with E-state index in [9.17, 15) is 0 Å². The molecule has 1 atom stereocenters. The maximum Gasteiger partial charge on any atom is 0.146 e. The van der Waals surface area contributed by atoms with E-state index in [0.29, 0.717) is 16.5 Å². The number of rotatable bonds is 4. The molecule has 0 fully saturated rings. The van der Waals surface area contributed by atoms with Crippen molar-refractivity contribution in [1.29, 1.82) is 0 Å². The second-order valence-electron chi connectivity index (χ2n) is 4.20. The van der Waals surface area contributed by atoms with E-state index in [4.69, 9.17) is 26.8 Å². The number of ether oxygens (including phenoxy) is 2. The molecule has 0 aliphatic carbocycles. The van der Waals surface area contributed by atoms with Gasteiger partial charge in [-0.05, 0) is 23.8 Å². The molecule has 3 nitrogen and oxygen atoms in total. The highest BCUT2D eigenvalue weighted by atomic mass is 79.9. The molecule has 2 aromatic rings. The van der Waals surface area contributed by atoms with E-state index in [1.54, 1.807) is 20.3 Å². The van der Waals surface area contributed by atoms with Crippen LogP contribution in [0.2, 0.25) is 5.02 Å². The third-order valence-corrected chi connectivity index (χ3v) is 4.17. The number of methoxy groups -OCH3 is 2. The zero-order valence-corrected chi connectivity index (χ0v) is 13.5. The number of benzene rings is 2. The third kappa shape index (κ3) is 2.77. The highest BCUT2D eigenvalue weighted by molar-refractivity contribution is 9.10. The van der Waals surface area contributed by atoms with E-state index in [0.717, 1.165) is 15.6 Å². The molecule has 1 unspecified atom stereocenters. The van der Waals surface area contributed by atoms with Crippen LogP contribution in [0, 0.1) is 0 Å². The van der Waals surface area contributed by atoms with Gasteiger partial charge in [0.25, 0.3) is 0 Å². The van der Waals surface area contributed by atoms with Crippen LogP contribution < -0.4 is 15.2 Å². The molecule has 0 aliphatic heterocycles. The summed E-state index contributed by atoms with van der Waals surface area (Å²) in [5, 5.41) is 0.426. The van der Waals surface area contributed by atoms with Crippen molar-refractivity contribution in [2.45, 2.75) is 6.04 Å². The maximum absolute atomic E-state index is 6.34. The first-order valence-corrected chi connectivity index (χ1v) is 7.17. The van der Waals surface area contributed by atoms with Crippen molar-refractivity contribution in [2.75, 3.05) is 14.2 Å². The molecular weight excluding hydrogens is 342 g/mol. The Bertz CT molecular complexity index is 619. The number of hydrogen-bond donors (Lipinski definition) is 1. The molecule has 0 amide bonds. The SMILES string of the molecule is COc1ccc(C(N)c2ccccc2Br)c(OC)c1Cl. The Morgan fingerprint density at radius 2 is 1.75 bits per heavy atom. The third-order valence-electron chi connectivity index (χ3n) is 3.09. The van der Waals surface area contributed by atoms with Crippen LogP contribution in [0.1, 0.15) is 17.2 Å². The van der Waals surface area contributed by atoms with Crippen molar-refractivity contribution < 1.29 is 9.47 Å². The summed E-state index contributed by atoms with van der Waals surface area (Å²) in [6.45, 7) is 0. The first kappa shape index (κ1) is 15.2. The molecule has 0 aliphatic rings. The Labute approximate surface area is 131 Å². The van der Waals surface area contributed by atoms with Crippen LogP contribution in [0.3, 0.4) is 0 Å². The van der Waals surface area contributed by atoms with Gasteiger partial charge in [0.1, 0.15) is 16.5 Å². The molecule has 0 aromatic heterocycles. The predicted octanol–water partition coefficient (Wildman–Crippen LogP) is 4.17. The molecular formula is C15H15BrClNO2. The Morgan fingerprint density at radius 3 is 2.35 bits per heavy atom. The number of nitrogens with two attached hydrogens (primary N) is 1. The molecule has 0 radical (unpaired) electrons. The fourth-order valence-electron chi connectivity index (χ4n) is 2.06. The summed E-state index contributed by atoms with van der Waals surface area (Å²) >= 11 is 9.78. The summed E-state index contributed by atoms with van der Waals surface area (Å²) in [6.07, 6.45) is 0. The molecule has 0 bridgehead atoms. The zero-order valence-electron chi connectivity index (χ0n) is 11.2. The minimum Gasteiger partial charge on any atom is -0.495 e. The molecule has 5 heteroatoms. The first-order valence-electron chi connectivity index (χ1n) is 6.00. The fraction of sp³-hybridized carbons (Fsp3) is 0.200. The van der Waals surface area contributed by atoms with Gasteiger partial charge in [0.2, 0.25) is 0 Å². The maximum atomic E-state index is 6.34. The Hall–Kier alpha value is -1.23. The highest BCUT2D eigenvalue weighted by Crippen LogP contribution is 2.41. The molecule has 0 heterocycles. The lowest BCUT2D eigenvalue weighted by atomic mass is 9.98. The number of hydrogen-bond acceptors (Lipinski definition) is 3. The second-order valence-corrected chi connectivity index (χ2v) is 5.44. The minimum atomic E-state index is -0.344. The fourth-order valence-corrected chi connectivity index (χ4v) is 2.92. The lowest BCUT2D eigenvalue weighted by molar-refractivity contribution is 0.390. The quantitative estimate of drug-likeness (QED) is 0.894. The van der Waals surface area contributed by atoms with Gasteiger partial charge in [-0.3, -0.25) is 0 Å². The molecule has 2 aromatic carbocycles. The van der Waals surface area contributed by atoms with Crippen molar-refractivity contribution in [3.63, 3.8) is 0 Å². The summed E-state index contributed by atoms with van der Waals surface area (Å²) in [4.78, 5) is 0. The smallest absolute Gasteiger partial charge is 0.146 e.